The second-order valence-electron chi connectivity index (χ2n) is 5.32. The van der Waals surface area contributed by atoms with Crippen molar-refractivity contribution in [1.82, 2.24) is 5.32 Å². The molecule has 1 aromatic rings. The normalized spacial score (nSPS) is 17.8. The summed E-state index contributed by atoms with van der Waals surface area (Å²) in [5.74, 6) is -0.313. The predicted octanol–water partition coefficient (Wildman–Crippen LogP) is 4.60. The summed E-state index contributed by atoms with van der Waals surface area (Å²) >= 11 is 8.51. The first-order valence-electron chi connectivity index (χ1n) is 6.53. The molecule has 1 aromatic carbocycles. The maximum Gasteiger partial charge on any atom is 0.171 e. The molecule has 0 spiro atoms. The lowest BCUT2D eigenvalue weighted by molar-refractivity contribution is 0.292. The number of benzene rings is 1. The minimum Gasteiger partial charge on any atom is -0.357 e. The highest BCUT2D eigenvalue weighted by molar-refractivity contribution is 9.10. The van der Waals surface area contributed by atoms with Crippen LogP contribution in [0.4, 0.5) is 10.1 Å². The Kier molecular flexibility index (Phi) is 4.79. The van der Waals surface area contributed by atoms with E-state index in [-0.39, 0.29) is 11.4 Å². The Labute approximate surface area is 127 Å². The predicted molar refractivity (Wildman–Crippen MR) is 84.9 cm³/mol. The summed E-state index contributed by atoms with van der Waals surface area (Å²) in [5.41, 5.74) is 0.439. The highest BCUT2D eigenvalue weighted by Gasteiger charge is 2.27. The van der Waals surface area contributed by atoms with Crippen molar-refractivity contribution >= 4 is 38.9 Å². The molecule has 0 heterocycles. The molecule has 2 nitrogen and oxygen atoms in total. The molecular weight excluding hydrogens is 327 g/mol. The standard InChI is InChI=1S/C14H18BrFN2S/c1-14(7-3-2-4-8-14)18-13(19)17-12-6-5-10(15)9-11(12)16/h5-6,9H,2-4,7-8H2,1H3,(H2,17,18,19). The number of anilines is 1. The minimum absolute atomic E-state index is 0.0359. The number of thiocarbonyl (C=S) groups is 1. The number of hydrogen-bond donors (Lipinski definition) is 2. The van der Waals surface area contributed by atoms with E-state index in [4.69, 9.17) is 12.2 Å². The van der Waals surface area contributed by atoms with Gasteiger partial charge in [-0.25, -0.2) is 4.39 Å². The molecule has 0 amide bonds. The SMILES string of the molecule is CC1(NC(=S)Nc2ccc(Br)cc2F)CCCCC1. The van der Waals surface area contributed by atoms with Gasteiger partial charge in [-0.05, 0) is 50.2 Å². The Morgan fingerprint density at radius 3 is 2.63 bits per heavy atom. The minimum atomic E-state index is -0.313. The summed E-state index contributed by atoms with van der Waals surface area (Å²) in [5, 5.41) is 6.75. The Bertz CT molecular complexity index is 473. The maximum absolute atomic E-state index is 13.7. The van der Waals surface area contributed by atoms with Gasteiger partial charge in [0, 0.05) is 10.0 Å². The second kappa shape index (κ2) is 6.18. The van der Waals surface area contributed by atoms with E-state index >= 15 is 0 Å². The Morgan fingerprint density at radius 2 is 2.00 bits per heavy atom. The molecule has 0 bridgehead atoms. The molecule has 1 saturated carbocycles. The van der Waals surface area contributed by atoms with E-state index in [0.717, 1.165) is 12.8 Å². The largest absolute Gasteiger partial charge is 0.357 e. The zero-order valence-corrected chi connectivity index (χ0v) is 13.3. The zero-order chi connectivity index (χ0) is 13.9. The van der Waals surface area contributed by atoms with Gasteiger partial charge in [-0.1, -0.05) is 35.2 Å². The third kappa shape index (κ3) is 4.14. The quantitative estimate of drug-likeness (QED) is 0.766. The van der Waals surface area contributed by atoms with Crippen LogP contribution in [0.1, 0.15) is 39.0 Å². The van der Waals surface area contributed by atoms with Crippen molar-refractivity contribution in [3.05, 3.63) is 28.5 Å². The zero-order valence-electron chi connectivity index (χ0n) is 10.9. The van der Waals surface area contributed by atoms with Crippen LogP contribution in [0.25, 0.3) is 0 Å². The molecule has 0 saturated heterocycles. The molecule has 1 aliphatic rings. The summed E-state index contributed by atoms with van der Waals surface area (Å²) in [6, 6.07) is 4.89. The van der Waals surface area contributed by atoms with Crippen LogP contribution >= 0.6 is 28.1 Å². The van der Waals surface area contributed by atoms with Gasteiger partial charge in [0.2, 0.25) is 0 Å². The van der Waals surface area contributed by atoms with Crippen molar-refractivity contribution in [2.45, 2.75) is 44.6 Å². The van der Waals surface area contributed by atoms with Crippen molar-refractivity contribution < 1.29 is 4.39 Å². The van der Waals surface area contributed by atoms with Crippen LogP contribution in [0.5, 0.6) is 0 Å². The Hall–Kier alpha value is -0.680. The third-order valence-electron chi connectivity index (χ3n) is 3.55. The van der Waals surface area contributed by atoms with Crippen LogP contribution in [0.15, 0.2) is 22.7 Å². The van der Waals surface area contributed by atoms with Gasteiger partial charge in [0.1, 0.15) is 5.82 Å². The fourth-order valence-electron chi connectivity index (χ4n) is 2.48. The molecule has 0 atom stereocenters. The lowest BCUT2D eigenvalue weighted by Crippen LogP contribution is -2.48. The van der Waals surface area contributed by atoms with Crippen LogP contribution in [0.2, 0.25) is 0 Å². The molecule has 0 aliphatic heterocycles. The van der Waals surface area contributed by atoms with Gasteiger partial charge < -0.3 is 10.6 Å². The number of rotatable bonds is 2. The van der Waals surface area contributed by atoms with Gasteiger partial charge in [0.05, 0.1) is 5.69 Å². The van der Waals surface area contributed by atoms with E-state index in [1.54, 1.807) is 12.1 Å². The van der Waals surface area contributed by atoms with E-state index in [1.165, 1.54) is 25.3 Å². The fourth-order valence-corrected chi connectivity index (χ4v) is 3.17. The topological polar surface area (TPSA) is 24.1 Å². The van der Waals surface area contributed by atoms with E-state index in [1.807, 2.05) is 0 Å². The van der Waals surface area contributed by atoms with Crippen molar-refractivity contribution in [3.63, 3.8) is 0 Å². The highest BCUT2D eigenvalue weighted by atomic mass is 79.9. The molecular formula is C14H18BrFN2S. The van der Waals surface area contributed by atoms with Gasteiger partial charge in [0.15, 0.2) is 5.11 Å². The molecule has 19 heavy (non-hydrogen) atoms. The number of halogens is 2. The van der Waals surface area contributed by atoms with Crippen LogP contribution in [-0.4, -0.2) is 10.7 Å². The van der Waals surface area contributed by atoms with E-state index in [2.05, 4.69) is 33.5 Å². The molecule has 104 valence electrons. The maximum atomic E-state index is 13.7. The average Bonchev–Trinajstić information content (AvgIpc) is 2.33. The Balaban J connectivity index is 1.97. The van der Waals surface area contributed by atoms with Gasteiger partial charge in [-0.15, -0.1) is 0 Å². The van der Waals surface area contributed by atoms with Crippen molar-refractivity contribution in [2.24, 2.45) is 0 Å². The van der Waals surface area contributed by atoms with Crippen molar-refractivity contribution in [1.29, 1.82) is 0 Å². The number of hydrogen-bond acceptors (Lipinski definition) is 1. The smallest absolute Gasteiger partial charge is 0.171 e. The number of nitrogens with one attached hydrogen (secondary N) is 2. The van der Waals surface area contributed by atoms with Crippen LogP contribution in [0.3, 0.4) is 0 Å². The lowest BCUT2D eigenvalue weighted by atomic mass is 9.83. The van der Waals surface area contributed by atoms with Crippen molar-refractivity contribution in [3.8, 4) is 0 Å². The average molecular weight is 345 g/mol. The van der Waals surface area contributed by atoms with E-state index in [9.17, 15) is 4.39 Å². The second-order valence-corrected chi connectivity index (χ2v) is 6.65. The van der Waals surface area contributed by atoms with Crippen molar-refractivity contribution in [2.75, 3.05) is 5.32 Å². The lowest BCUT2D eigenvalue weighted by Gasteiger charge is -2.35. The van der Waals surface area contributed by atoms with Gasteiger partial charge in [-0.3, -0.25) is 0 Å². The third-order valence-corrected chi connectivity index (χ3v) is 4.25. The molecule has 1 aliphatic carbocycles. The fraction of sp³-hybridized carbons (Fsp3) is 0.500. The summed E-state index contributed by atoms with van der Waals surface area (Å²) in [6.07, 6.45) is 5.95. The molecule has 0 unspecified atom stereocenters. The monoisotopic (exact) mass is 344 g/mol. The summed E-state index contributed by atoms with van der Waals surface area (Å²) in [4.78, 5) is 0. The van der Waals surface area contributed by atoms with Crippen LogP contribution in [-0.2, 0) is 0 Å². The summed E-state index contributed by atoms with van der Waals surface area (Å²) in [7, 11) is 0. The van der Waals surface area contributed by atoms with Gasteiger partial charge in [-0.2, -0.15) is 0 Å². The molecule has 0 radical (unpaired) electrons. The molecule has 2 N–H and O–H groups in total. The first-order chi connectivity index (χ1) is 8.98. The molecule has 1 fully saturated rings. The summed E-state index contributed by atoms with van der Waals surface area (Å²) in [6.45, 7) is 2.18. The van der Waals surface area contributed by atoms with Gasteiger partial charge in [0.25, 0.3) is 0 Å². The Morgan fingerprint density at radius 1 is 1.32 bits per heavy atom. The van der Waals surface area contributed by atoms with Gasteiger partial charge >= 0.3 is 0 Å². The molecule has 2 rings (SSSR count). The van der Waals surface area contributed by atoms with Crippen LogP contribution in [0, 0.1) is 5.82 Å². The molecule has 0 aromatic heterocycles. The first kappa shape index (κ1) is 14.7. The van der Waals surface area contributed by atoms with E-state index < -0.39 is 0 Å². The van der Waals surface area contributed by atoms with E-state index in [0.29, 0.717) is 15.3 Å². The molecule has 5 heteroatoms. The summed E-state index contributed by atoms with van der Waals surface area (Å²) < 4.78 is 14.4. The first-order valence-corrected chi connectivity index (χ1v) is 7.73. The van der Waals surface area contributed by atoms with Crippen LogP contribution < -0.4 is 10.6 Å². The highest BCUT2D eigenvalue weighted by Crippen LogP contribution is 2.27.